The van der Waals surface area contributed by atoms with Crippen molar-refractivity contribution in [3.8, 4) is 5.75 Å². The number of aliphatic imine (C=N–C) groups is 1. The van der Waals surface area contributed by atoms with E-state index >= 15 is 0 Å². The fourth-order valence-corrected chi connectivity index (χ4v) is 1.92. The van der Waals surface area contributed by atoms with E-state index in [0.29, 0.717) is 16.8 Å². The molecule has 0 aromatic heterocycles. The standard InChI is InChI=1S/C17H15NO5/c1-22-15-8-3-11(9-14(15)16(19)20)10-18-13-6-4-12(5-7-13)17(21)23-2/h3-10H,1-2H3,(H,19,20). The highest BCUT2D eigenvalue weighted by atomic mass is 16.5. The summed E-state index contributed by atoms with van der Waals surface area (Å²) >= 11 is 0. The SMILES string of the molecule is COC(=O)c1ccc(N=Cc2ccc(OC)c(C(=O)O)c2)cc1. The number of methoxy groups -OCH3 is 2. The van der Waals surface area contributed by atoms with Gasteiger partial charge in [0.1, 0.15) is 11.3 Å². The Balaban J connectivity index is 2.21. The second-order valence-corrected chi connectivity index (χ2v) is 4.56. The van der Waals surface area contributed by atoms with E-state index in [1.807, 2.05) is 0 Å². The molecule has 0 heterocycles. The zero-order valence-electron chi connectivity index (χ0n) is 12.6. The minimum absolute atomic E-state index is 0.0671. The lowest BCUT2D eigenvalue weighted by atomic mass is 10.1. The number of esters is 1. The molecule has 0 saturated heterocycles. The van der Waals surface area contributed by atoms with Crippen LogP contribution in [0.25, 0.3) is 0 Å². The average molecular weight is 313 g/mol. The molecule has 6 nitrogen and oxygen atoms in total. The smallest absolute Gasteiger partial charge is 0.339 e. The molecular weight excluding hydrogens is 298 g/mol. The fourth-order valence-electron chi connectivity index (χ4n) is 1.92. The van der Waals surface area contributed by atoms with Crippen LogP contribution in [-0.4, -0.2) is 37.5 Å². The molecule has 2 rings (SSSR count). The first-order chi connectivity index (χ1) is 11.0. The number of ether oxygens (including phenoxy) is 2. The first kappa shape index (κ1) is 16.2. The molecule has 0 amide bonds. The topological polar surface area (TPSA) is 85.2 Å². The summed E-state index contributed by atoms with van der Waals surface area (Å²) in [5, 5.41) is 9.14. The Morgan fingerprint density at radius 1 is 1.09 bits per heavy atom. The fraction of sp³-hybridized carbons (Fsp3) is 0.118. The van der Waals surface area contributed by atoms with Crippen LogP contribution in [0.4, 0.5) is 5.69 Å². The lowest BCUT2D eigenvalue weighted by molar-refractivity contribution is 0.0599. The van der Waals surface area contributed by atoms with E-state index in [0.717, 1.165) is 0 Å². The van der Waals surface area contributed by atoms with Gasteiger partial charge in [-0.3, -0.25) is 4.99 Å². The van der Waals surface area contributed by atoms with E-state index in [1.54, 1.807) is 42.6 Å². The molecule has 6 heteroatoms. The maximum absolute atomic E-state index is 11.3. The van der Waals surface area contributed by atoms with Gasteiger partial charge in [0.2, 0.25) is 0 Å². The number of carboxylic acids is 1. The molecule has 0 fully saturated rings. The molecule has 0 saturated carbocycles. The van der Waals surface area contributed by atoms with Crippen LogP contribution in [0.5, 0.6) is 5.75 Å². The molecule has 23 heavy (non-hydrogen) atoms. The molecule has 2 aromatic carbocycles. The van der Waals surface area contributed by atoms with Crippen LogP contribution in [0, 0.1) is 0 Å². The number of benzene rings is 2. The molecule has 1 N–H and O–H groups in total. The monoisotopic (exact) mass is 313 g/mol. The molecule has 118 valence electrons. The lowest BCUT2D eigenvalue weighted by Gasteiger charge is -2.05. The summed E-state index contributed by atoms with van der Waals surface area (Å²) in [6.07, 6.45) is 1.54. The highest BCUT2D eigenvalue weighted by Crippen LogP contribution is 2.20. The van der Waals surface area contributed by atoms with Crippen LogP contribution in [0.15, 0.2) is 47.5 Å². The molecule has 2 aromatic rings. The molecule has 0 spiro atoms. The van der Waals surface area contributed by atoms with E-state index in [4.69, 9.17) is 9.84 Å². The molecule has 0 bridgehead atoms. The van der Waals surface area contributed by atoms with Gasteiger partial charge in [-0.1, -0.05) is 0 Å². The van der Waals surface area contributed by atoms with Crippen molar-refractivity contribution in [1.29, 1.82) is 0 Å². The Labute approximate surface area is 133 Å². The second kappa shape index (κ2) is 7.22. The van der Waals surface area contributed by atoms with Gasteiger partial charge in [-0.2, -0.15) is 0 Å². The van der Waals surface area contributed by atoms with E-state index in [2.05, 4.69) is 9.73 Å². The normalized spacial score (nSPS) is 10.5. The van der Waals surface area contributed by atoms with Gasteiger partial charge in [-0.25, -0.2) is 9.59 Å². The summed E-state index contributed by atoms with van der Waals surface area (Å²) in [5.74, 6) is -1.20. The molecule has 0 radical (unpaired) electrons. The van der Waals surface area contributed by atoms with Gasteiger partial charge in [0.05, 0.1) is 25.5 Å². The van der Waals surface area contributed by atoms with Crippen molar-refractivity contribution in [2.75, 3.05) is 14.2 Å². The third-order valence-electron chi connectivity index (χ3n) is 3.11. The van der Waals surface area contributed by atoms with Gasteiger partial charge in [-0.05, 0) is 48.0 Å². The van der Waals surface area contributed by atoms with Crippen LogP contribution in [-0.2, 0) is 4.74 Å². The Morgan fingerprint density at radius 2 is 1.78 bits per heavy atom. The van der Waals surface area contributed by atoms with Gasteiger partial charge in [0, 0.05) is 6.21 Å². The average Bonchev–Trinajstić information content (AvgIpc) is 2.59. The minimum atomic E-state index is -1.07. The van der Waals surface area contributed by atoms with Crippen molar-refractivity contribution in [3.05, 3.63) is 59.2 Å². The number of rotatable bonds is 5. The van der Waals surface area contributed by atoms with E-state index < -0.39 is 11.9 Å². The zero-order chi connectivity index (χ0) is 16.8. The highest BCUT2D eigenvalue weighted by molar-refractivity contribution is 5.94. The maximum Gasteiger partial charge on any atom is 0.339 e. The van der Waals surface area contributed by atoms with Crippen molar-refractivity contribution >= 4 is 23.8 Å². The van der Waals surface area contributed by atoms with Gasteiger partial charge in [-0.15, -0.1) is 0 Å². The van der Waals surface area contributed by atoms with Crippen LogP contribution < -0.4 is 4.74 Å². The summed E-state index contributed by atoms with van der Waals surface area (Å²) in [4.78, 5) is 26.8. The number of aromatic carboxylic acids is 1. The van der Waals surface area contributed by atoms with Crippen molar-refractivity contribution in [2.45, 2.75) is 0 Å². The largest absolute Gasteiger partial charge is 0.496 e. The van der Waals surface area contributed by atoms with E-state index in [-0.39, 0.29) is 11.3 Å². The molecule has 0 aliphatic carbocycles. The van der Waals surface area contributed by atoms with Crippen molar-refractivity contribution < 1.29 is 24.2 Å². The number of hydrogen-bond acceptors (Lipinski definition) is 5. The Hall–Kier alpha value is -3.15. The Morgan fingerprint density at radius 3 is 2.35 bits per heavy atom. The van der Waals surface area contributed by atoms with Crippen LogP contribution >= 0.6 is 0 Å². The first-order valence-electron chi connectivity index (χ1n) is 6.69. The van der Waals surface area contributed by atoms with Crippen molar-refractivity contribution in [2.24, 2.45) is 4.99 Å². The summed E-state index contributed by atoms with van der Waals surface area (Å²) in [5.41, 5.74) is 1.76. The van der Waals surface area contributed by atoms with Gasteiger partial charge < -0.3 is 14.6 Å². The number of carbonyl (C=O) groups excluding carboxylic acids is 1. The van der Waals surface area contributed by atoms with Gasteiger partial charge >= 0.3 is 11.9 Å². The van der Waals surface area contributed by atoms with Crippen molar-refractivity contribution in [3.63, 3.8) is 0 Å². The zero-order valence-corrected chi connectivity index (χ0v) is 12.6. The van der Waals surface area contributed by atoms with Crippen LogP contribution in [0.3, 0.4) is 0 Å². The molecule has 0 aliphatic rings. The Kier molecular flexibility index (Phi) is 5.09. The Bertz CT molecular complexity index is 750. The summed E-state index contributed by atoms with van der Waals surface area (Å²) in [6.45, 7) is 0. The first-order valence-corrected chi connectivity index (χ1v) is 6.69. The molecule has 0 atom stereocenters. The molecule has 0 aliphatic heterocycles. The summed E-state index contributed by atoms with van der Waals surface area (Å²) in [6, 6.07) is 11.3. The highest BCUT2D eigenvalue weighted by Gasteiger charge is 2.10. The third-order valence-corrected chi connectivity index (χ3v) is 3.11. The second-order valence-electron chi connectivity index (χ2n) is 4.56. The predicted molar refractivity (Wildman–Crippen MR) is 85.0 cm³/mol. The van der Waals surface area contributed by atoms with Crippen LogP contribution in [0.1, 0.15) is 26.3 Å². The predicted octanol–water partition coefficient (Wildman–Crippen LogP) is 2.93. The van der Waals surface area contributed by atoms with E-state index in [1.165, 1.54) is 20.3 Å². The summed E-state index contributed by atoms with van der Waals surface area (Å²) < 4.78 is 9.62. The lowest BCUT2D eigenvalue weighted by Crippen LogP contribution is -2.01. The number of carbonyl (C=O) groups is 2. The summed E-state index contributed by atoms with van der Waals surface area (Å²) in [7, 11) is 2.73. The minimum Gasteiger partial charge on any atom is -0.496 e. The van der Waals surface area contributed by atoms with Gasteiger partial charge in [0.25, 0.3) is 0 Å². The van der Waals surface area contributed by atoms with Crippen molar-refractivity contribution in [1.82, 2.24) is 0 Å². The van der Waals surface area contributed by atoms with E-state index in [9.17, 15) is 9.59 Å². The molecule has 0 unspecified atom stereocenters. The maximum atomic E-state index is 11.3. The van der Waals surface area contributed by atoms with Gasteiger partial charge in [0.15, 0.2) is 0 Å². The third kappa shape index (κ3) is 3.94. The molecular formula is C17H15NO5. The number of nitrogens with zero attached hydrogens (tertiary/aromatic N) is 1. The van der Waals surface area contributed by atoms with Crippen LogP contribution in [0.2, 0.25) is 0 Å². The number of hydrogen-bond donors (Lipinski definition) is 1. The number of carboxylic acid groups (broad SMARTS) is 1. The quantitative estimate of drug-likeness (QED) is 0.677.